The number of halogens is 2. The smallest absolute Gasteiger partial charge is 0.410 e. The minimum Gasteiger partial charge on any atom is -0.496 e. The first-order valence-corrected chi connectivity index (χ1v) is 19.8. The van der Waals surface area contributed by atoms with Crippen LogP contribution in [0.3, 0.4) is 0 Å². The molecule has 1 saturated heterocycles. The molecule has 1 aliphatic carbocycles. The number of likely N-dealkylation sites (tertiary alicyclic amines) is 1. The van der Waals surface area contributed by atoms with Crippen LogP contribution in [-0.4, -0.2) is 80.8 Å². The lowest BCUT2D eigenvalue weighted by Crippen LogP contribution is -2.41. The third-order valence-corrected chi connectivity index (χ3v) is 10.6. The molecule has 1 saturated carbocycles. The van der Waals surface area contributed by atoms with Crippen LogP contribution in [-0.2, 0) is 15.5 Å². The highest BCUT2D eigenvalue weighted by atomic mass is 32.2. The summed E-state index contributed by atoms with van der Waals surface area (Å²) in [6.45, 7) is 10.4. The van der Waals surface area contributed by atoms with Crippen molar-refractivity contribution in [3.63, 3.8) is 0 Å². The second-order valence-electron chi connectivity index (χ2n) is 15.8. The van der Waals surface area contributed by atoms with E-state index in [2.05, 4.69) is 23.7 Å². The molecule has 1 amide bonds. The van der Waals surface area contributed by atoms with E-state index in [9.17, 15) is 9.59 Å². The maximum Gasteiger partial charge on any atom is 0.410 e. The fourth-order valence-corrected chi connectivity index (χ4v) is 7.68. The number of amides is 1. The third kappa shape index (κ3) is 11.7. The number of fused-ring (bicyclic) bond motifs is 1. The fourth-order valence-electron chi connectivity index (χ4n) is 6.90. The third-order valence-electron chi connectivity index (χ3n) is 9.73. The Morgan fingerprint density at radius 2 is 1.65 bits per heavy atom. The molecular formula is C44H55F2N3O5S. The molecule has 4 aromatic rings. The summed E-state index contributed by atoms with van der Waals surface area (Å²) in [7, 11) is 5.58. The van der Waals surface area contributed by atoms with Gasteiger partial charge in [0.25, 0.3) is 5.92 Å². The van der Waals surface area contributed by atoms with E-state index in [0.29, 0.717) is 17.2 Å². The molecule has 2 fully saturated rings. The molecule has 296 valence electrons. The van der Waals surface area contributed by atoms with Gasteiger partial charge in [0.1, 0.15) is 29.4 Å². The summed E-state index contributed by atoms with van der Waals surface area (Å²) >= 11 is 1.01. The van der Waals surface area contributed by atoms with Gasteiger partial charge < -0.3 is 28.8 Å². The van der Waals surface area contributed by atoms with E-state index in [1.165, 1.54) is 32.1 Å². The van der Waals surface area contributed by atoms with Crippen molar-refractivity contribution in [3.8, 4) is 22.6 Å². The van der Waals surface area contributed by atoms with E-state index in [0.717, 1.165) is 83.4 Å². The first-order chi connectivity index (χ1) is 26.1. The predicted octanol–water partition coefficient (Wildman–Crippen LogP) is 9.91. The van der Waals surface area contributed by atoms with Crippen molar-refractivity contribution in [2.75, 3.05) is 40.8 Å². The van der Waals surface area contributed by atoms with Gasteiger partial charge in [0.15, 0.2) is 0 Å². The maximum atomic E-state index is 15.5. The number of carbonyl (C=O) groups is 2. The van der Waals surface area contributed by atoms with Crippen molar-refractivity contribution in [2.45, 2.75) is 88.4 Å². The SMILES string of the molecule is CN(C)C[C@H]1CCN(C(=O)OC(C)(C)C)C1.COc1cc(C(F)(F)C(C=O)NSc2ccc3cc(OC4CCCC4)ccc3c2)ccc1-c1ccc(C)cc1. The van der Waals surface area contributed by atoms with Crippen LogP contribution in [0.2, 0.25) is 0 Å². The predicted molar refractivity (Wildman–Crippen MR) is 217 cm³/mol. The average Bonchev–Trinajstić information content (AvgIpc) is 3.84. The van der Waals surface area contributed by atoms with Gasteiger partial charge in [-0.3, -0.25) is 0 Å². The van der Waals surface area contributed by atoms with Crippen LogP contribution in [0.15, 0.2) is 83.8 Å². The number of aldehydes is 1. The summed E-state index contributed by atoms with van der Waals surface area (Å²) in [5.41, 5.74) is 1.98. The highest BCUT2D eigenvalue weighted by Gasteiger charge is 2.42. The van der Waals surface area contributed by atoms with Crippen molar-refractivity contribution in [1.82, 2.24) is 14.5 Å². The second kappa shape index (κ2) is 18.6. The fraction of sp³-hybridized carbons (Fsp3) is 0.455. The number of methoxy groups -OCH3 is 1. The minimum atomic E-state index is -3.46. The van der Waals surface area contributed by atoms with Gasteiger partial charge in [-0.1, -0.05) is 54.1 Å². The summed E-state index contributed by atoms with van der Waals surface area (Å²) in [6, 6.07) is 21.9. The molecule has 0 radical (unpaired) electrons. The second-order valence-corrected chi connectivity index (χ2v) is 16.7. The van der Waals surface area contributed by atoms with E-state index in [1.54, 1.807) is 6.07 Å². The van der Waals surface area contributed by atoms with Crippen molar-refractivity contribution >= 4 is 35.1 Å². The summed E-state index contributed by atoms with van der Waals surface area (Å²) in [5.74, 6) is -1.71. The summed E-state index contributed by atoms with van der Waals surface area (Å²) in [4.78, 5) is 28.3. The Labute approximate surface area is 329 Å². The molecular weight excluding hydrogens is 721 g/mol. The molecule has 2 aliphatic rings. The van der Waals surface area contributed by atoms with E-state index in [-0.39, 0.29) is 24.0 Å². The lowest BCUT2D eigenvalue weighted by molar-refractivity contribution is -0.119. The number of alkyl halides is 2. The zero-order valence-corrected chi connectivity index (χ0v) is 33.9. The molecule has 2 atom stereocenters. The number of nitrogens with one attached hydrogen (secondary N) is 1. The molecule has 1 N–H and O–H groups in total. The summed E-state index contributed by atoms with van der Waals surface area (Å²) in [5, 5.41) is 1.97. The molecule has 0 bridgehead atoms. The summed E-state index contributed by atoms with van der Waals surface area (Å²) < 4.78 is 50.6. The Kier molecular flexibility index (Phi) is 14.2. The number of aryl methyl sites for hydroxylation is 1. The number of benzene rings is 4. The van der Waals surface area contributed by atoms with E-state index >= 15 is 8.78 Å². The molecule has 6 rings (SSSR count). The van der Waals surface area contributed by atoms with Crippen LogP contribution in [0.1, 0.15) is 64.0 Å². The number of nitrogens with zero attached hydrogens (tertiary/aromatic N) is 2. The molecule has 11 heteroatoms. The quantitative estimate of drug-likeness (QED) is 0.113. The molecule has 0 spiro atoms. The Morgan fingerprint density at radius 3 is 2.31 bits per heavy atom. The van der Waals surface area contributed by atoms with Crippen molar-refractivity contribution in [2.24, 2.45) is 5.92 Å². The Hall–Kier alpha value is -4.19. The number of hydrogen-bond donors (Lipinski definition) is 1. The molecule has 4 aromatic carbocycles. The van der Waals surface area contributed by atoms with Gasteiger partial charge in [0.2, 0.25) is 0 Å². The van der Waals surface area contributed by atoms with Crippen molar-refractivity contribution < 1.29 is 32.6 Å². The standard InChI is InChI=1S/C32H31F2NO3S.C12H24N2O2/c1-21-7-9-22(10-8-21)29-16-13-25(19-30(29)37-2)32(33,34)31(20-36)35-39-28-15-12-23-17-27(14-11-24(23)18-28)38-26-5-3-4-6-26;1-12(2,3)16-11(15)14-7-6-10(9-14)8-13(4)5/h7-20,26,31,35H,3-6H2,1-2H3;10H,6-9H2,1-5H3/t;10-/m.1/s1. The zero-order chi connectivity index (χ0) is 39.8. The number of carbonyl (C=O) groups excluding carboxylic acids is 2. The topological polar surface area (TPSA) is 80.3 Å². The van der Waals surface area contributed by atoms with E-state index in [1.807, 2.05) is 93.3 Å². The van der Waals surface area contributed by atoms with E-state index < -0.39 is 17.6 Å². The monoisotopic (exact) mass is 775 g/mol. The van der Waals surface area contributed by atoms with Gasteiger partial charge in [0, 0.05) is 35.7 Å². The van der Waals surface area contributed by atoms with Crippen LogP contribution in [0.5, 0.6) is 11.5 Å². The van der Waals surface area contributed by atoms with Crippen LogP contribution >= 0.6 is 11.9 Å². The Balaban J connectivity index is 0.000000305. The highest BCUT2D eigenvalue weighted by molar-refractivity contribution is 7.97. The lowest BCUT2D eigenvalue weighted by Gasteiger charge is -2.24. The largest absolute Gasteiger partial charge is 0.496 e. The van der Waals surface area contributed by atoms with Crippen molar-refractivity contribution in [3.05, 3.63) is 90.0 Å². The number of rotatable bonds is 12. The molecule has 1 heterocycles. The molecule has 8 nitrogen and oxygen atoms in total. The van der Waals surface area contributed by atoms with Crippen LogP contribution in [0.4, 0.5) is 13.6 Å². The van der Waals surface area contributed by atoms with Gasteiger partial charge in [-0.2, -0.15) is 8.78 Å². The van der Waals surface area contributed by atoms with Crippen LogP contribution in [0.25, 0.3) is 21.9 Å². The lowest BCUT2D eigenvalue weighted by atomic mass is 9.97. The first kappa shape index (κ1) is 42.0. The molecule has 55 heavy (non-hydrogen) atoms. The van der Waals surface area contributed by atoms with Gasteiger partial charge in [0.05, 0.1) is 13.2 Å². The summed E-state index contributed by atoms with van der Waals surface area (Å²) in [6.07, 6.45) is 6.03. The van der Waals surface area contributed by atoms with Gasteiger partial charge >= 0.3 is 6.09 Å². The molecule has 0 aromatic heterocycles. The van der Waals surface area contributed by atoms with Gasteiger partial charge in [-0.05, 0) is 138 Å². The molecule has 1 aliphatic heterocycles. The van der Waals surface area contributed by atoms with Gasteiger partial charge in [-0.15, -0.1) is 0 Å². The zero-order valence-electron chi connectivity index (χ0n) is 33.1. The van der Waals surface area contributed by atoms with Crippen LogP contribution < -0.4 is 14.2 Å². The van der Waals surface area contributed by atoms with Gasteiger partial charge in [-0.25, -0.2) is 9.52 Å². The first-order valence-electron chi connectivity index (χ1n) is 19.0. The van der Waals surface area contributed by atoms with Crippen molar-refractivity contribution in [1.29, 1.82) is 0 Å². The highest BCUT2D eigenvalue weighted by Crippen LogP contribution is 2.39. The Morgan fingerprint density at radius 1 is 0.964 bits per heavy atom. The average molecular weight is 776 g/mol. The van der Waals surface area contributed by atoms with Crippen LogP contribution in [0, 0.1) is 12.8 Å². The number of hydrogen-bond acceptors (Lipinski definition) is 8. The number of ether oxygens (including phenoxy) is 3. The normalized spacial score (nSPS) is 16.8. The Bertz CT molecular complexity index is 1890. The minimum absolute atomic E-state index is 0.172. The maximum absolute atomic E-state index is 15.5. The molecule has 1 unspecified atom stereocenters. The van der Waals surface area contributed by atoms with E-state index in [4.69, 9.17) is 14.2 Å².